The molecule has 1 aliphatic heterocycles. The highest BCUT2D eigenvalue weighted by Gasteiger charge is 2.20. The van der Waals surface area contributed by atoms with Gasteiger partial charge in [0.2, 0.25) is 0 Å². The van der Waals surface area contributed by atoms with Crippen molar-refractivity contribution < 1.29 is 4.74 Å². The third-order valence-corrected chi connectivity index (χ3v) is 2.48. The van der Waals surface area contributed by atoms with Gasteiger partial charge in [0.05, 0.1) is 6.10 Å². The summed E-state index contributed by atoms with van der Waals surface area (Å²) in [5.41, 5.74) is 0. The molecule has 2 atom stereocenters. The van der Waals surface area contributed by atoms with Crippen LogP contribution in [0.4, 0.5) is 0 Å². The fourth-order valence-electron chi connectivity index (χ4n) is 1.43. The smallest absolute Gasteiger partial charge is 0.0547 e. The third-order valence-electron chi connectivity index (χ3n) is 2.48. The summed E-state index contributed by atoms with van der Waals surface area (Å²) in [6.07, 6.45) is 3.12. The summed E-state index contributed by atoms with van der Waals surface area (Å²) in [6, 6.07) is 0. The van der Waals surface area contributed by atoms with Gasteiger partial charge in [0.25, 0.3) is 0 Å². The molecule has 10 heavy (non-hydrogen) atoms. The van der Waals surface area contributed by atoms with E-state index in [0.717, 1.165) is 18.4 Å². The monoisotopic (exact) mass is 142 g/mol. The zero-order chi connectivity index (χ0) is 7.56. The van der Waals surface area contributed by atoms with Crippen LogP contribution < -0.4 is 0 Å². The second kappa shape index (κ2) is 3.38. The van der Waals surface area contributed by atoms with E-state index in [9.17, 15) is 0 Å². The molecule has 0 aromatic rings. The largest absolute Gasteiger partial charge is 0.378 e. The first-order valence-corrected chi connectivity index (χ1v) is 4.31. The minimum absolute atomic E-state index is 0.509. The van der Waals surface area contributed by atoms with Crippen LogP contribution in [-0.2, 0) is 4.74 Å². The first kappa shape index (κ1) is 8.06. The molecule has 0 radical (unpaired) electrons. The molecular weight excluding hydrogens is 124 g/mol. The summed E-state index contributed by atoms with van der Waals surface area (Å²) in [6.45, 7) is 7.71. The van der Waals surface area contributed by atoms with E-state index in [4.69, 9.17) is 4.74 Å². The van der Waals surface area contributed by atoms with Gasteiger partial charge in [-0.2, -0.15) is 0 Å². The molecule has 1 aliphatic rings. The number of hydrogen-bond acceptors (Lipinski definition) is 1. The first-order valence-electron chi connectivity index (χ1n) is 4.31. The van der Waals surface area contributed by atoms with Crippen LogP contribution in [0.5, 0.6) is 0 Å². The first-order chi connectivity index (χ1) is 4.70. The van der Waals surface area contributed by atoms with Crippen molar-refractivity contribution >= 4 is 0 Å². The van der Waals surface area contributed by atoms with Gasteiger partial charge < -0.3 is 4.74 Å². The average molecular weight is 142 g/mol. The van der Waals surface area contributed by atoms with Crippen LogP contribution in [0, 0.1) is 11.8 Å². The molecule has 0 saturated carbocycles. The van der Waals surface area contributed by atoms with Gasteiger partial charge in [0.1, 0.15) is 0 Å². The van der Waals surface area contributed by atoms with E-state index in [1.54, 1.807) is 0 Å². The maximum absolute atomic E-state index is 5.55. The Balaban J connectivity index is 2.26. The highest BCUT2D eigenvalue weighted by molar-refractivity contribution is 4.69. The quantitative estimate of drug-likeness (QED) is 0.546. The third kappa shape index (κ3) is 1.98. The molecule has 0 N–H and O–H groups in total. The maximum atomic E-state index is 5.55. The lowest BCUT2D eigenvalue weighted by Gasteiger charge is -2.29. The molecule has 0 aromatic carbocycles. The predicted molar refractivity (Wildman–Crippen MR) is 43.0 cm³/mol. The number of hydrogen-bond donors (Lipinski definition) is 0. The van der Waals surface area contributed by atoms with E-state index in [0.29, 0.717) is 6.10 Å². The summed E-state index contributed by atoms with van der Waals surface area (Å²) in [4.78, 5) is 0. The molecule has 1 heteroatoms. The average Bonchev–Trinajstić information content (AvgIpc) is 1.88. The summed E-state index contributed by atoms with van der Waals surface area (Å²) < 4.78 is 5.55. The number of ether oxygens (including phenoxy) is 1. The lowest BCUT2D eigenvalue weighted by Crippen LogP contribution is -2.26. The molecule has 60 valence electrons. The van der Waals surface area contributed by atoms with E-state index in [-0.39, 0.29) is 0 Å². The molecule has 1 heterocycles. The zero-order valence-electron chi connectivity index (χ0n) is 7.26. The van der Waals surface area contributed by atoms with Crippen LogP contribution in [0.2, 0.25) is 0 Å². The summed E-state index contributed by atoms with van der Waals surface area (Å²) >= 11 is 0. The topological polar surface area (TPSA) is 9.23 Å². The predicted octanol–water partition coefficient (Wildman–Crippen LogP) is 2.46. The van der Waals surface area contributed by atoms with Crippen molar-refractivity contribution in [2.24, 2.45) is 11.8 Å². The van der Waals surface area contributed by atoms with Gasteiger partial charge >= 0.3 is 0 Å². The Kier molecular flexibility index (Phi) is 2.72. The Morgan fingerprint density at radius 1 is 1.30 bits per heavy atom. The fourth-order valence-corrected chi connectivity index (χ4v) is 1.43. The standard InChI is InChI=1S/C9H18O/c1-7(2)9-5-4-8(3)10-6-9/h7-9H,4-6H2,1-3H3. The van der Waals surface area contributed by atoms with Crippen LogP contribution in [0.15, 0.2) is 0 Å². The second-order valence-electron chi connectivity index (χ2n) is 3.73. The minimum Gasteiger partial charge on any atom is -0.378 e. The van der Waals surface area contributed by atoms with Gasteiger partial charge in [0.15, 0.2) is 0 Å². The van der Waals surface area contributed by atoms with Gasteiger partial charge in [-0.05, 0) is 31.6 Å². The van der Waals surface area contributed by atoms with Crippen molar-refractivity contribution in [2.45, 2.75) is 39.7 Å². The Morgan fingerprint density at radius 3 is 2.40 bits per heavy atom. The second-order valence-corrected chi connectivity index (χ2v) is 3.73. The Labute approximate surface area is 63.8 Å². The van der Waals surface area contributed by atoms with Gasteiger partial charge in [0, 0.05) is 6.61 Å². The summed E-state index contributed by atoms with van der Waals surface area (Å²) in [7, 11) is 0. The van der Waals surface area contributed by atoms with Crippen molar-refractivity contribution in [1.29, 1.82) is 0 Å². The maximum Gasteiger partial charge on any atom is 0.0547 e. The summed E-state index contributed by atoms with van der Waals surface area (Å²) in [5, 5.41) is 0. The molecule has 2 unspecified atom stereocenters. The lowest BCUT2D eigenvalue weighted by molar-refractivity contribution is -0.0176. The zero-order valence-corrected chi connectivity index (χ0v) is 7.26. The molecule has 0 spiro atoms. The van der Waals surface area contributed by atoms with Crippen LogP contribution in [-0.4, -0.2) is 12.7 Å². The normalized spacial score (nSPS) is 34.8. The van der Waals surface area contributed by atoms with Crippen molar-refractivity contribution in [3.8, 4) is 0 Å². The number of rotatable bonds is 1. The molecule has 1 fully saturated rings. The Bertz CT molecular complexity index is 90.9. The molecule has 0 aromatic heterocycles. The molecule has 1 rings (SSSR count). The SMILES string of the molecule is CC1CCC(C(C)C)CO1. The minimum atomic E-state index is 0.509. The fraction of sp³-hybridized carbons (Fsp3) is 1.00. The molecule has 0 bridgehead atoms. The summed E-state index contributed by atoms with van der Waals surface area (Å²) in [5.74, 6) is 1.61. The highest BCUT2D eigenvalue weighted by Crippen LogP contribution is 2.24. The molecular formula is C9H18O. The van der Waals surface area contributed by atoms with E-state index >= 15 is 0 Å². The van der Waals surface area contributed by atoms with Crippen LogP contribution in [0.1, 0.15) is 33.6 Å². The van der Waals surface area contributed by atoms with Gasteiger partial charge in [-0.25, -0.2) is 0 Å². The van der Waals surface area contributed by atoms with Crippen molar-refractivity contribution in [2.75, 3.05) is 6.61 Å². The van der Waals surface area contributed by atoms with Gasteiger partial charge in [-0.1, -0.05) is 13.8 Å². The molecule has 0 aliphatic carbocycles. The van der Waals surface area contributed by atoms with E-state index in [2.05, 4.69) is 20.8 Å². The van der Waals surface area contributed by atoms with Crippen LogP contribution in [0.25, 0.3) is 0 Å². The van der Waals surface area contributed by atoms with Crippen molar-refractivity contribution in [3.63, 3.8) is 0 Å². The molecule has 1 saturated heterocycles. The lowest BCUT2D eigenvalue weighted by atomic mass is 9.89. The van der Waals surface area contributed by atoms with E-state index in [1.807, 2.05) is 0 Å². The van der Waals surface area contributed by atoms with Crippen molar-refractivity contribution in [3.05, 3.63) is 0 Å². The highest BCUT2D eigenvalue weighted by atomic mass is 16.5. The Morgan fingerprint density at radius 2 is 2.00 bits per heavy atom. The van der Waals surface area contributed by atoms with E-state index < -0.39 is 0 Å². The van der Waals surface area contributed by atoms with Gasteiger partial charge in [-0.15, -0.1) is 0 Å². The molecule has 1 nitrogen and oxygen atoms in total. The van der Waals surface area contributed by atoms with Crippen molar-refractivity contribution in [1.82, 2.24) is 0 Å². The van der Waals surface area contributed by atoms with Crippen LogP contribution in [0.3, 0.4) is 0 Å². The van der Waals surface area contributed by atoms with E-state index in [1.165, 1.54) is 12.8 Å². The van der Waals surface area contributed by atoms with Crippen LogP contribution >= 0.6 is 0 Å². The van der Waals surface area contributed by atoms with Gasteiger partial charge in [-0.3, -0.25) is 0 Å². The molecule has 0 amide bonds. The Hall–Kier alpha value is -0.0400.